The fraction of sp³-hybridized carbons (Fsp3) is 0.136. The van der Waals surface area contributed by atoms with Crippen LogP contribution in [-0.4, -0.2) is 28.0 Å². The second kappa shape index (κ2) is 8.35. The number of benzene rings is 2. The number of carbonyl (C=O) groups is 2. The lowest BCUT2D eigenvalue weighted by Crippen LogP contribution is -2.29. The number of carbonyl (C=O) groups excluding carboxylic acids is 2. The van der Waals surface area contributed by atoms with E-state index in [0.717, 1.165) is 5.56 Å². The number of phenolic OH excluding ortho intramolecular Hbond substituents is 1. The third kappa shape index (κ3) is 4.01. The van der Waals surface area contributed by atoms with Gasteiger partial charge in [0.05, 0.1) is 18.7 Å². The van der Waals surface area contributed by atoms with Gasteiger partial charge in [0.15, 0.2) is 5.78 Å². The van der Waals surface area contributed by atoms with Crippen molar-refractivity contribution in [2.45, 2.75) is 13.5 Å². The van der Waals surface area contributed by atoms with E-state index in [2.05, 4.69) is 0 Å². The average molecular weight is 377 g/mol. The Hall–Kier alpha value is -3.67. The van der Waals surface area contributed by atoms with Crippen LogP contribution in [0.5, 0.6) is 5.75 Å². The molecule has 0 aliphatic carbocycles. The second-order valence-electron chi connectivity index (χ2n) is 6.13. The van der Waals surface area contributed by atoms with Crippen LogP contribution >= 0.6 is 0 Å². The first-order valence-corrected chi connectivity index (χ1v) is 8.79. The van der Waals surface area contributed by atoms with Crippen LogP contribution in [0, 0.1) is 0 Å². The van der Waals surface area contributed by atoms with Gasteiger partial charge in [0.2, 0.25) is 0 Å². The summed E-state index contributed by atoms with van der Waals surface area (Å²) in [5, 5.41) is 9.98. The van der Waals surface area contributed by atoms with Crippen molar-refractivity contribution in [1.82, 2.24) is 4.57 Å². The van der Waals surface area contributed by atoms with Crippen molar-refractivity contribution >= 4 is 11.8 Å². The molecule has 28 heavy (non-hydrogen) atoms. The van der Waals surface area contributed by atoms with Crippen LogP contribution in [-0.2, 0) is 11.3 Å². The van der Waals surface area contributed by atoms with Crippen molar-refractivity contribution in [2.24, 2.45) is 0 Å². The SMILES string of the molecule is CCOC(=O)c1cc(C(=O)c2ccccc2O)cn(Cc2ccccc2)c1=O. The van der Waals surface area contributed by atoms with Gasteiger partial charge in [-0.25, -0.2) is 4.79 Å². The fourth-order valence-electron chi connectivity index (χ4n) is 2.83. The lowest BCUT2D eigenvalue weighted by atomic mass is 10.0. The predicted octanol–water partition coefficient (Wildman–Crippen LogP) is 3.01. The van der Waals surface area contributed by atoms with Gasteiger partial charge in [0, 0.05) is 11.8 Å². The summed E-state index contributed by atoms with van der Waals surface area (Å²) in [5.74, 6) is -1.46. The second-order valence-corrected chi connectivity index (χ2v) is 6.13. The Kier molecular flexibility index (Phi) is 5.69. The van der Waals surface area contributed by atoms with E-state index in [1.807, 2.05) is 30.3 Å². The van der Waals surface area contributed by atoms with Crippen LogP contribution in [0.3, 0.4) is 0 Å². The minimum atomic E-state index is -0.791. The number of hydrogen-bond acceptors (Lipinski definition) is 5. The predicted molar refractivity (Wildman–Crippen MR) is 104 cm³/mol. The van der Waals surface area contributed by atoms with Crippen molar-refractivity contribution in [3.63, 3.8) is 0 Å². The third-order valence-corrected chi connectivity index (χ3v) is 4.19. The largest absolute Gasteiger partial charge is 0.507 e. The molecule has 0 unspecified atom stereocenters. The molecular weight excluding hydrogens is 358 g/mol. The number of hydrogen-bond donors (Lipinski definition) is 1. The van der Waals surface area contributed by atoms with E-state index in [4.69, 9.17) is 4.74 Å². The van der Waals surface area contributed by atoms with Gasteiger partial charge in [0.25, 0.3) is 5.56 Å². The molecule has 2 aromatic carbocycles. The highest BCUT2D eigenvalue weighted by molar-refractivity contribution is 6.11. The van der Waals surface area contributed by atoms with Crippen molar-refractivity contribution < 1.29 is 19.4 Å². The Balaban J connectivity index is 2.12. The smallest absolute Gasteiger partial charge is 0.343 e. The van der Waals surface area contributed by atoms with E-state index in [-0.39, 0.29) is 35.6 Å². The molecular formula is C22H19NO5. The average Bonchev–Trinajstić information content (AvgIpc) is 2.70. The Morgan fingerprint density at radius 1 is 1.00 bits per heavy atom. The summed E-state index contributed by atoms with van der Waals surface area (Å²) in [5.41, 5.74) is 0.268. The van der Waals surface area contributed by atoms with Crippen LogP contribution in [0.1, 0.15) is 38.8 Å². The topological polar surface area (TPSA) is 85.6 Å². The molecule has 0 aliphatic heterocycles. The van der Waals surface area contributed by atoms with E-state index in [9.17, 15) is 19.5 Å². The molecule has 0 aliphatic rings. The molecule has 0 bridgehead atoms. The number of para-hydroxylation sites is 1. The van der Waals surface area contributed by atoms with E-state index in [1.54, 1.807) is 19.1 Å². The van der Waals surface area contributed by atoms with Crippen molar-refractivity contribution in [1.29, 1.82) is 0 Å². The first-order chi connectivity index (χ1) is 13.5. The number of aromatic hydroxyl groups is 1. The summed E-state index contributed by atoms with van der Waals surface area (Å²) in [6.07, 6.45) is 1.40. The molecule has 0 atom stereocenters. The summed E-state index contributed by atoms with van der Waals surface area (Å²) >= 11 is 0. The maximum Gasteiger partial charge on any atom is 0.343 e. The highest BCUT2D eigenvalue weighted by Crippen LogP contribution is 2.20. The van der Waals surface area contributed by atoms with Crippen LogP contribution < -0.4 is 5.56 Å². The van der Waals surface area contributed by atoms with Crippen molar-refractivity contribution in [3.8, 4) is 5.75 Å². The number of ketones is 1. The Labute approximate surface area is 161 Å². The molecule has 0 radical (unpaired) electrons. The van der Waals surface area contributed by atoms with Gasteiger partial charge in [-0.15, -0.1) is 0 Å². The number of aromatic nitrogens is 1. The fourth-order valence-corrected chi connectivity index (χ4v) is 2.83. The van der Waals surface area contributed by atoms with Crippen LogP contribution in [0.15, 0.2) is 71.7 Å². The molecule has 0 saturated heterocycles. The zero-order valence-corrected chi connectivity index (χ0v) is 15.3. The van der Waals surface area contributed by atoms with Gasteiger partial charge in [-0.05, 0) is 30.7 Å². The zero-order valence-electron chi connectivity index (χ0n) is 15.3. The normalized spacial score (nSPS) is 10.5. The quantitative estimate of drug-likeness (QED) is 0.527. The molecule has 0 spiro atoms. The Bertz CT molecular complexity index is 1070. The Morgan fingerprint density at radius 2 is 1.68 bits per heavy atom. The van der Waals surface area contributed by atoms with Gasteiger partial charge in [-0.1, -0.05) is 42.5 Å². The molecule has 0 fully saturated rings. The molecule has 6 nitrogen and oxygen atoms in total. The van der Waals surface area contributed by atoms with Crippen molar-refractivity contribution in [2.75, 3.05) is 6.61 Å². The highest BCUT2D eigenvalue weighted by Gasteiger charge is 2.20. The summed E-state index contributed by atoms with van der Waals surface area (Å²) in [7, 11) is 0. The van der Waals surface area contributed by atoms with Gasteiger partial charge >= 0.3 is 5.97 Å². The maximum atomic E-state index is 12.9. The Morgan fingerprint density at radius 3 is 2.36 bits per heavy atom. The number of phenols is 1. The van der Waals surface area contributed by atoms with Gasteiger partial charge < -0.3 is 14.4 Å². The number of ether oxygens (including phenoxy) is 1. The molecule has 3 aromatic rings. The standard InChI is InChI=1S/C22H19NO5/c1-2-28-22(27)18-12-16(20(25)17-10-6-7-11-19(17)24)14-23(21(18)26)13-15-8-4-3-5-9-15/h3-12,14,24H,2,13H2,1H3. The molecule has 1 heterocycles. The summed E-state index contributed by atoms with van der Waals surface area (Å²) in [6, 6.07) is 16.5. The van der Waals surface area contributed by atoms with Gasteiger partial charge in [-0.2, -0.15) is 0 Å². The first kappa shape index (κ1) is 19.1. The number of rotatable bonds is 6. The van der Waals surface area contributed by atoms with E-state index in [0.29, 0.717) is 0 Å². The summed E-state index contributed by atoms with van der Waals surface area (Å²) in [6.45, 7) is 1.93. The van der Waals surface area contributed by atoms with Crippen LogP contribution in [0.25, 0.3) is 0 Å². The third-order valence-electron chi connectivity index (χ3n) is 4.19. The van der Waals surface area contributed by atoms with Gasteiger partial charge in [0.1, 0.15) is 11.3 Å². The van der Waals surface area contributed by atoms with E-state index < -0.39 is 17.3 Å². The van der Waals surface area contributed by atoms with Crippen molar-refractivity contribution in [3.05, 3.63) is 99.5 Å². The maximum absolute atomic E-state index is 12.9. The molecule has 142 valence electrons. The monoisotopic (exact) mass is 377 g/mol. The lowest BCUT2D eigenvalue weighted by Gasteiger charge is -2.12. The summed E-state index contributed by atoms with van der Waals surface area (Å²) < 4.78 is 6.27. The minimum Gasteiger partial charge on any atom is -0.507 e. The number of nitrogens with zero attached hydrogens (tertiary/aromatic N) is 1. The molecule has 0 saturated carbocycles. The van der Waals surface area contributed by atoms with Crippen LogP contribution in [0.2, 0.25) is 0 Å². The molecule has 1 N–H and O–H groups in total. The van der Waals surface area contributed by atoms with E-state index in [1.165, 1.54) is 29.0 Å². The molecule has 0 amide bonds. The van der Waals surface area contributed by atoms with Gasteiger partial charge in [-0.3, -0.25) is 9.59 Å². The molecule has 1 aromatic heterocycles. The molecule has 3 rings (SSSR count). The zero-order chi connectivity index (χ0) is 20.1. The first-order valence-electron chi connectivity index (χ1n) is 8.79. The minimum absolute atomic E-state index is 0.0854. The summed E-state index contributed by atoms with van der Waals surface area (Å²) in [4.78, 5) is 37.9. The lowest BCUT2D eigenvalue weighted by molar-refractivity contribution is 0.0523. The van der Waals surface area contributed by atoms with Crippen LogP contribution in [0.4, 0.5) is 0 Å². The van der Waals surface area contributed by atoms with E-state index >= 15 is 0 Å². The number of pyridine rings is 1. The molecule has 6 heteroatoms. The number of esters is 1. The highest BCUT2D eigenvalue weighted by atomic mass is 16.5.